The van der Waals surface area contributed by atoms with E-state index in [1.54, 1.807) is 32.5 Å². The lowest BCUT2D eigenvalue weighted by Crippen LogP contribution is -2.39. The number of hydrogen-bond donors (Lipinski definition) is 4. The van der Waals surface area contributed by atoms with Gasteiger partial charge in [-0.3, -0.25) is 15.2 Å². The van der Waals surface area contributed by atoms with Crippen LogP contribution in [-0.2, 0) is 11.2 Å². The summed E-state index contributed by atoms with van der Waals surface area (Å²) in [5, 5.41) is 16.5. The third-order valence-electron chi connectivity index (χ3n) is 7.75. The number of benzene rings is 1. The van der Waals surface area contributed by atoms with E-state index in [4.69, 9.17) is 27.0 Å². The van der Waals surface area contributed by atoms with E-state index in [2.05, 4.69) is 9.98 Å². The number of nitrogens with two attached hydrogens (primary N) is 2. The van der Waals surface area contributed by atoms with Crippen molar-refractivity contribution in [3.8, 4) is 5.75 Å². The zero-order valence-corrected chi connectivity index (χ0v) is 23.2. The average Bonchev–Trinajstić information content (AvgIpc) is 3.82. The van der Waals surface area contributed by atoms with Gasteiger partial charge in [0.25, 0.3) is 0 Å². The zero-order valence-electron chi connectivity index (χ0n) is 23.2. The Labute approximate surface area is 231 Å². The van der Waals surface area contributed by atoms with Gasteiger partial charge in [-0.25, -0.2) is 4.99 Å². The topological polar surface area (TPSA) is 151 Å². The highest BCUT2D eigenvalue weighted by Crippen LogP contribution is 2.53. The lowest BCUT2D eigenvalue weighted by atomic mass is 9.79. The number of nitrogens with zero attached hydrogens (tertiary/aromatic N) is 2. The van der Waals surface area contributed by atoms with E-state index >= 15 is 0 Å². The molecule has 1 atom stereocenters. The Morgan fingerprint density at radius 1 is 1.05 bits per heavy atom. The van der Waals surface area contributed by atoms with Crippen LogP contribution in [0.3, 0.4) is 0 Å². The van der Waals surface area contributed by atoms with Crippen LogP contribution in [0, 0.1) is 34.5 Å². The molecule has 0 spiro atoms. The minimum Gasteiger partial charge on any atom is -0.495 e. The van der Waals surface area contributed by atoms with Crippen LogP contribution in [0.4, 0.5) is 0 Å². The molecular weight excluding hydrogens is 488 g/mol. The summed E-state index contributed by atoms with van der Waals surface area (Å²) in [4.78, 5) is 22.2. The van der Waals surface area contributed by atoms with E-state index in [9.17, 15) is 4.79 Å². The summed E-state index contributed by atoms with van der Waals surface area (Å²) in [6.45, 7) is 3.55. The maximum atomic E-state index is 13.7. The fraction of sp³-hybridized carbons (Fsp3) is 0.452. The molecule has 0 bridgehead atoms. The number of methoxy groups -OCH3 is 1. The predicted molar refractivity (Wildman–Crippen MR) is 156 cm³/mol. The molecule has 206 valence electrons. The molecule has 1 heterocycles. The Bertz CT molecular complexity index is 1270. The van der Waals surface area contributed by atoms with Crippen LogP contribution >= 0.6 is 0 Å². The van der Waals surface area contributed by atoms with Gasteiger partial charge >= 0.3 is 0 Å². The van der Waals surface area contributed by atoms with Crippen molar-refractivity contribution in [2.75, 3.05) is 7.11 Å². The van der Waals surface area contributed by atoms with Gasteiger partial charge in [0, 0.05) is 35.2 Å². The maximum Gasteiger partial charge on any atom is 0.155 e. The zero-order chi connectivity index (χ0) is 28.1. The van der Waals surface area contributed by atoms with Crippen LogP contribution in [0.1, 0.15) is 69.1 Å². The SMILES string of the molecule is COc1cncc(C(=N)N=C(N)C(C(=O)CCCc2ccc(C(C(C)=N)=C(C)N)cc2)C(C2CC2)C2CC2)c1. The molecule has 2 fully saturated rings. The first-order valence-electron chi connectivity index (χ1n) is 13.8. The highest BCUT2D eigenvalue weighted by Gasteiger charge is 2.48. The first-order valence-corrected chi connectivity index (χ1v) is 13.8. The number of carbonyl (C=O) groups excluding carboxylic acids is 1. The van der Waals surface area contributed by atoms with Crippen LogP contribution in [0.5, 0.6) is 5.75 Å². The van der Waals surface area contributed by atoms with Gasteiger partial charge in [-0.1, -0.05) is 24.3 Å². The van der Waals surface area contributed by atoms with Gasteiger partial charge in [-0.15, -0.1) is 0 Å². The van der Waals surface area contributed by atoms with Crippen LogP contribution < -0.4 is 16.2 Å². The summed E-state index contributed by atoms with van der Waals surface area (Å²) in [6, 6.07) is 9.76. The fourth-order valence-corrected chi connectivity index (χ4v) is 5.59. The molecule has 1 unspecified atom stereocenters. The second kappa shape index (κ2) is 12.4. The van der Waals surface area contributed by atoms with Crippen LogP contribution in [-0.4, -0.2) is 35.3 Å². The molecule has 4 rings (SSSR count). The highest BCUT2D eigenvalue weighted by atomic mass is 16.5. The molecule has 8 nitrogen and oxygen atoms in total. The molecule has 39 heavy (non-hydrogen) atoms. The molecule has 0 aliphatic heterocycles. The number of hydrogen-bond acceptors (Lipinski definition) is 6. The number of carbonyl (C=O) groups is 1. The van der Waals surface area contributed by atoms with Crippen molar-refractivity contribution in [3.63, 3.8) is 0 Å². The standard InChI is InChI=1S/C31H40N6O2/c1-18(32)27(19(2)33)21-9-7-20(8-10-21)5-4-6-26(38)29(28(22-11-12-22)23-13-14-23)31(35)37-30(34)24-15-25(39-3)17-36-16-24/h7-10,15-17,22-23,28-29,32H,4-6,11-14,33H2,1-3H3,(H3,34,35,37). The molecule has 0 radical (unpaired) electrons. The lowest BCUT2D eigenvalue weighted by molar-refractivity contribution is -0.122. The van der Waals surface area contributed by atoms with E-state index in [1.807, 2.05) is 31.2 Å². The first-order chi connectivity index (χ1) is 18.7. The van der Waals surface area contributed by atoms with Crippen molar-refractivity contribution in [1.29, 1.82) is 10.8 Å². The molecule has 2 aliphatic rings. The van der Waals surface area contributed by atoms with Gasteiger partial charge in [0.15, 0.2) is 5.84 Å². The van der Waals surface area contributed by atoms with Crippen molar-refractivity contribution in [2.45, 2.75) is 58.8 Å². The molecule has 6 N–H and O–H groups in total. The fourth-order valence-electron chi connectivity index (χ4n) is 5.59. The average molecular weight is 529 g/mol. The predicted octanol–water partition coefficient (Wildman–Crippen LogP) is 5.15. The normalized spacial score (nSPS) is 17.0. The van der Waals surface area contributed by atoms with Gasteiger partial charge in [0.1, 0.15) is 17.4 Å². The number of rotatable bonds is 13. The van der Waals surface area contributed by atoms with Crippen LogP contribution in [0.15, 0.2) is 53.4 Å². The highest BCUT2D eigenvalue weighted by molar-refractivity contribution is 6.21. The summed E-state index contributed by atoms with van der Waals surface area (Å²) in [5.74, 6) is 1.70. The van der Waals surface area contributed by atoms with Gasteiger partial charge < -0.3 is 21.6 Å². The molecule has 2 aliphatic carbocycles. The van der Waals surface area contributed by atoms with Crippen molar-refractivity contribution in [3.05, 3.63) is 65.1 Å². The molecule has 0 saturated heterocycles. The lowest BCUT2D eigenvalue weighted by Gasteiger charge is -2.26. The van der Waals surface area contributed by atoms with E-state index in [0.717, 1.165) is 48.8 Å². The largest absolute Gasteiger partial charge is 0.495 e. The van der Waals surface area contributed by atoms with E-state index in [-0.39, 0.29) is 23.4 Å². The molecule has 2 aromatic rings. The number of ketones is 1. The Balaban J connectivity index is 1.46. The molecule has 2 saturated carbocycles. The minimum atomic E-state index is -0.456. The number of nitrogens with one attached hydrogen (secondary N) is 2. The number of amidine groups is 2. The Kier molecular flexibility index (Phi) is 8.94. The summed E-state index contributed by atoms with van der Waals surface area (Å²) >= 11 is 0. The first kappa shape index (κ1) is 28.2. The summed E-state index contributed by atoms with van der Waals surface area (Å²) in [7, 11) is 1.55. The quantitative estimate of drug-likeness (QED) is 0.209. The number of aliphatic imine (C=N–C) groups is 1. The van der Waals surface area contributed by atoms with E-state index in [0.29, 0.717) is 47.4 Å². The Morgan fingerprint density at radius 2 is 1.69 bits per heavy atom. The van der Waals surface area contributed by atoms with Crippen molar-refractivity contribution in [1.82, 2.24) is 4.98 Å². The van der Waals surface area contributed by atoms with E-state index < -0.39 is 5.92 Å². The van der Waals surface area contributed by atoms with Crippen LogP contribution in [0.25, 0.3) is 5.57 Å². The van der Waals surface area contributed by atoms with Gasteiger partial charge in [0.2, 0.25) is 0 Å². The monoisotopic (exact) mass is 528 g/mol. The molecule has 8 heteroatoms. The number of ether oxygens (including phenoxy) is 1. The third kappa shape index (κ3) is 7.19. The summed E-state index contributed by atoms with van der Waals surface area (Å²) in [5.41, 5.74) is 16.9. The van der Waals surface area contributed by atoms with Gasteiger partial charge in [-0.05, 0) is 87.3 Å². The molecule has 0 amide bonds. The Morgan fingerprint density at radius 3 is 2.23 bits per heavy atom. The number of aromatic nitrogens is 1. The second-order valence-corrected chi connectivity index (χ2v) is 10.9. The van der Waals surface area contributed by atoms with Crippen molar-refractivity contribution >= 4 is 28.7 Å². The van der Waals surface area contributed by atoms with Crippen molar-refractivity contribution in [2.24, 2.45) is 40.1 Å². The molecule has 1 aromatic carbocycles. The Hall–Kier alpha value is -3.81. The smallest absolute Gasteiger partial charge is 0.155 e. The summed E-state index contributed by atoms with van der Waals surface area (Å²) in [6.07, 6.45) is 9.56. The summed E-state index contributed by atoms with van der Waals surface area (Å²) < 4.78 is 5.22. The number of allylic oxidation sites excluding steroid dienone is 2. The third-order valence-corrected chi connectivity index (χ3v) is 7.75. The van der Waals surface area contributed by atoms with E-state index in [1.165, 1.54) is 0 Å². The second-order valence-electron chi connectivity index (χ2n) is 10.9. The van der Waals surface area contributed by atoms with Gasteiger partial charge in [0.05, 0.1) is 19.2 Å². The minimum absolute atomic E-state index is 0.0107. The number of pyridine rings is 1. The number of aryl methyl sites for hydroxylation is 1. The number of Topliss-reactive ketones (excluding diaryl/α,β-unsaturated/α-hetero) is 1. The maximum absolute atomic E-state index is 13.7. The molecule has 1 aromatic heterocycles. The van der Waals surface area contributed by atoms with Gasteiger partial charge in [-0.2, -0.15) is 0 Å². The van der Waals surface area contributed by atoms with Crippen molar-refractivity contribution < 1.29 is 9.53 Å². The molecular formula is C31H40N6O2. The van der Waals surface area contributed by atoms with Crippen LogP contribution in [0.2, 0.25) is 0 Å².